The van der Waals surface area contributed by atoms with Gasteiger partial charge in [-0.15, -0.1) is 0 Å². The lowest BCUT2D eigenvalue weighted by atomic mass is 9.82. The van der Waals surface area contributed by atoms with Gasteiger partial charge in [-0.3, -0.25) is 4.79 Å². The molecule has 6 nitrogen and oxygen atoms in total. The molecule has 0 spiro atoms. The van der Waals surface area contributed by atoms with Gasteiger partial charge in [-0.2, -0.15) is 13.2 Å². The molecule has 0 radical (unpaired) electrons. The second-order valence-corrected chi connectivity index (χ2v) is 8.42. The number of nitrogens with zero attached hydrogens (tertiary/aromatic N) is 1. The topological polar surface area (TPSA) is 57.2 Å². The fourth-order valence-corrected chi connectivity index (χ4v) is 4.35. The number of fused-ring (bicyclic) bond motifs is 1. The van der Waals surface area contributed by atoms with E-state index < -0.39 is 17.9 Å². The molecule has 0 aliphatic carbocycles. The number of ether oxygens (including phenoxy) is 4. The average molecular weight is 486 g/mol. The highest BCUT2D eigenvalue weighted by Crippen LogP contribution is 2.43. The first-order chi connectivity index (χ1) is 15.6. The monoisotopic (exact) mass is 485 g/mol. The Balaban J connectivity index is 1.51. The Morgan fingerprint density at radius 2 is 2.03 bits per heavy atom. The van der Waals surface area contributed by atoms with E-state index >= 15 is 0 Å². The van der Waals surface area contributed by atoms with Crippen LogP contribution in [-0.4, -0.2) is 56.2 Å². The van der Waals surface area contributed by atoms with Crippen molar-refractivity contribution >= 4 is 17.5 Å². The van der Waals surface area contributed by atoms with Gasteiger partial charge < -0.3 is 23.8 Å². The fourth-order valence-electron chi connectivity index (χ4n) is 4.16. The van der Waals surface area contributed by atoms with E-state index in [-0.39, 0.29) is 42.4 Å². The first-order valence-corrected chi connectivity index (χ1v) is 10.7. The van der Waals surface area contributed by atoms with Gasteiger partial charge in [-0.25, -0.2) is 0 Å². The minimum absolute atomic E-state index is 0.0442. The van der Waals surface area contributed by atoms with Crippen molar-refractivity contribution in [2.24, 2.45) is 0 Å². The third-order valence-corrected chi connectivity index (χ3v) is 6.26. The highest BCUT2D eigenvalue weighted by Gasteiger charge is 2.51. The van der Waals surface area contributed by atoms with Crippen LogP contribution in [0.2, 0.25) is 5.02 Å². The molecule has 0 saturated carbocycles. The molecule has 3 atom stereocenters. The van der Waals surface area contributed by atoms with Gasteiger partial charge in [0, 0.05) is 23.6 Å². The number of hydrogen-bond donors (Lipinski definition) is 0. The largest absolute Gasteiger partial charge is 0.493 e. The van der Waals surface area contributed by atoms with Crippen LogP contribution in [0.3, 0.4) is 0 Å². The van der Waals surface area contributed by atoms with Crippen LogP contribution in [0, 0.1) is 0 Å². The number of likely N-dealkylation sites (tertiary alicyclic amines) is 1. The molecule has 2 fully saturated rings. The van der Waals surface area contributed by atoms with Gasteiger partial charge in [0.1, 0.15) is 18.5 Å². The number of carbonyl (C=O) groups excluding carboxylic acids is 1. The summed E-state index contributed by atoms with van der Waals surface area (Å²) < 4.78 is 60.5. The van der Waals surface area contributed by atoms with Crippen LogP contribution in [0.15, 0.2) is 42.5 Å². The summed E-state index contributed by atoms with van der Waals surface area (Å²) in [7, 11) is 1.30. The van der Waals surface area contributed by atoms with Crippen molar-refractivity contribution in [3.05, 3.63) is 58.6 Å². The van der Waals surface area contributed by atoms with E-state index in [1.54, 1.807) is 11.0 Å². The predicted octanol–water partition coefficient (Wildman–Crippen LogP) is 4.79. The van der Waals surface area contributed by atoms with E-state index in [1.165, 1.54) is 25.3 Å². The van der Waals surface area contributed by atoms with Crippen LogP contribution < -0.4 is 9.47 Å². The second-order valence-electron chi connectivity index (χ2n) is 7.99. The lowest BCUT2D eigenvalue weighted by Crippen LogP contribution is -2.53. The number of piperidine rings is 1. The van der Waals surface area contributed by atoms with Gasteiger partial charge >= 0.3 is 6.18 Å². The Morgan fingerprint density at radius 3 is 2.73 bits per heavy atom. The van der Waals surface area contributed by atoms with Gasteiger partial charge in [-0.1, -0.05) is 23.7 Å². The van der Waals surface area contributed by atoms with Crippen molar-refractivity contribution in [3.63, 3.8) is 0 Å². The van der Waals surface area contributed by atoms with E-state index in [1.807, 2.05) is 18.2 Å². The Morgan fingerprint density at radius 1 is 1.24 bits per heavy atom. The molecule has 0 aromatic heterocycles. The maximum atomic E-state index is 13.2. The summed E-state index contributed by atoms with van der Waals surface area (Å²) in [5.74, 6) is -0.341. The summed E-state index contributed by atoms with van der Waals surface area (Å²) in [5.41, 5.74) is 0.477. The zero-order valence-corrected chi connectivity index (χ0v) is 18.8. The zero-order chi connectivity index (χ0) is 23.8. The van der Waals surface area contributed by atoms with Gasteiger partial charge in [0.05, 0.1) is 13.7 Å². The molecule has 2 saturated heterocycles. The van der Waals surface area contributed by atoms with Crippen molar-refractivity contribution in [1.29, 1.82) is 0 Å². The Hall–Kier alpha value is -2.49. The molecule has 0 bridgehead atoms. The maximum absolute atomic E-state index is 13.2. The fraction of sp³-hybridized carbons (Fsp3) is 0.435. The lowest BCUT2D eigenvalue weighted by molar-refractivity contribution is -0.189. The van der Waals surface area contributed by atoms with Crippen molar-refractivity contribution in [3.8, 4) is 11.5 Å². The quantitative estimate of drug-likeness (QED) is 0.609. The maximum Gasteiger partial charge on any atom is 0.425 e. The summed E-state index contributed by atoms with van der Waals surface area (Å²) in [6.45, 7) is 1.70. The van der Waals surface area contributed by atoms with Crippen molar-refractivity contribution in [1.82, 2.24) is 4.90 Å². The smallest absolute Gasteiger partial charge is 0.425 e. The van der Waals surface area contributed by atoms with Gasteiger partial charge in [0.25, 0.3) is 5.91 Å². The van der Waals surface area contributed by atoms with E-state index in [9.17, 15) is 18.0 Å². The molecular weight excluding hydrogens is 463 g/mol. The predicted molar refractivity (Wildman–Crippen MR) is 114 cm³/mol. The van der Waals surface area contributed by atoms with Gasteiger partial charge in [0.15, 0.2) is 17.6 Å². The summed E-state index contributed by atoms with van der Waals surface area (Å²) in [6.07, 6.45) is -6.42. The van der Waals surface area contributed by atoms with E-state index in [0.29, 0.717) is 18.0 Å². The highest BCUT2D eigenvalue weighted by atomic mass is 35.5. The van der Waals surface area contributed by atoms with Crippen LogP contribution in [0.1, 0.15) is 29.3 Å². The Kier molecular flexibility index (Phi) is 6.48. The van der Waals surface area contributed by atoms with Crippen LogP contribution in [0.4, 0.5) is 13.2 Å². The number of amides is 1. The normalized spacial score (nSPS) is 23.7. The molecule has 4 rings (SSSR count). The molecule has 1 amide bonds. The number of rotatable bonds is 5. The number of benzene rings is 2. The molecule has 2 aromatic carbocycles. The molecule has 2 heterocycles. The third-order valence-electron chi connectivity index (χ3n) is 6.02. The molecule has 33 heavy (non-hydrogen) atoms. The SMILES string of the molecule is COc1cc(C(=O)N2CC[C@]3(c4cccc(Cl)c4)OCO[C@@H]3C2)ccc1O[C@@H](C)C(F)(F)F. The first-order valence-electron chi connectivity index (χ1n) is 10.4. The van der Waals surface area contributed by atoms with Crippen molar-refractivity contribution in [2.45, 2.75) is 37.3 Å². The van der Waals surface area contributed by atoms with E-state index in [4.69, 9.17) is 30.5 Å². The lowest BCUT2D eigenvalue weighted by Gasteiger charge is -2.42. The second kappa shape index (κ2) is 9.04. The molecule has 2 aliphatic heterocycles. The number of alkyl halides is 3. The van der Waals surface area contributed by atoms with Crippen LogP contribution in [0.25, 0.3) is 0 Å². The molecule has 10 heteroatoms. The average Bonchev–Trinajstić information content (AvgIpc) is 3.22. The van der Waals surface area contributed by atoms with Crippen molar-refractivity contribution in [2.75, 3.05) is 27.0 Å². The molecule has 178 valence electrons. The molecule has 2 aliphatic rings. The van der Waals surface area contributed by atoms with Crippen LogP contribution in [-0.2, 0) is 15.1 Å². The van der Waals surface area contributed by atoms with Crippen LogP contribution in [0.5, 0.6) is 11.5 Å². The minimum Gasteiger partial charge on any atom is -0.493 e. The highest BCUT2D eigenvalue weighted by molar-refractivity contribution is 6.30. The molecule has 0 N–H and O–H groups in total. The number of halogens is 4. The third kappa shape index (κ3) is 4.62. The molecule has 0 unspecified atom stereocenters. The zero-order valence-electron chi connectivity index (χ0n) is 18.0. The van der Waals surface area contributed by atoms with Crippen LogP contribution >= 0.6 is 11.6 Å². The Bertz CT molecular complexity index is 1030. The van der Waals surface area contributed by atoms with Gasteiger partial charge in [-0.05, 0) is 42.8 Å². The Labute approximate surface area is 194 Å². The van der Waals surface area contributed by atoms with Gasteiger partial charge in [0.2, 0.25) is 0 Å². The van der Waals surface area contributed by atoms with E-state index in [2.05, 4.69) is 0 Å². The first kappa shape index (κ1) is 23.7. The summed E-state index contributed by atoms with van der Waals surface area (Å²) >= 11 is 6.16. The minimum atomic E-state index is -4.52. The van der Waals surface area contributed by atoms with Crippen molar-refractivity contribution < 1.29 is 36.9 Å². The summed E-state index contributed by atoms with van der Waals surface area (Å²) in [5, 5.41) is 0.587. The number of carbonyl (C=O) groups is 1. The number of hydrogen-bond acceptors (Lipinski definition) is 5. The molecular formula is C23H23ClF3NO5. The number of methoxy groups -OCH3 is 1. The summed E-state index contributed by atoms with van der Waals surface area (Å²) in [4.78, 5) is 14.8. The molecule has 2 aromatic rings. The summed E-state index contributed by atoms with van der Waals surface area (Å²) in [6, 6.07) is 11.5. The standard InChI is InChI=1S/C23H23ClF3NO5/c1-14(23(25,26)27)33-18-7-6-15(10-19(18)30-2)21(29)28-9-8-22(20(12-28)31-13-32-22)16-4-3-5-17(24)11-16/h3-7,10-11,14,20H,8-9,12-13H2,1-2H3/t14-,20+,22+/m0/s1. The van der Waals surface area contributed by atoms with E-state index in [0.717, 1.165) is 12.5 Å².